The topological polar surface area (TPSA) is 92.2 Å². The van der Waals surface area contributed by atoms with Gasteiger partial charge in [-0.05, 0) is 18.6 Å². The Balaban J connectivity index is 1.70. The number of pyridine rings is 1. The van der Waals surface area contributed by atoms with E-state index in [4.69, 9.17) is 9.26 Å². The summed E-state index contributed by atoms with van der Waals surface area (Å²) in [6.45, 7) is 1.74. The maximum absolute atomic E-state index is 11.8. The first-order chi connectivity index (χ1) is 11.1. The molecular weight excluding hydrogens is 298 g/mol. The summed E-state index contributed by atoms with van der Waals surface area (Å²) in [4.78, 5) is 16.0. The summed E-state index contributed by atoms with van der Waals surface area (Å²) < 4.78 is 10.5. The van der Waals surface area contributed by atoms with Gasteiger partial charge in [-0.3, -0.25) is 0 Å². The molecule has 0 bridgehead atoms. The Hall–Kier alpha value is -3.22. The quantitative estimate of drug-likeness (QED) is 0.416. The van der Waals surface area contributed by atoms with Gasteiger partial charge in [0, 0.05) is 17.7 Å². The number of rotatable bonds is 4. The lowest BCUT2D eigenvalue weighted by Gasteiger charge is -2.02. The van der Waals surface area contributed by atoms with Crippen LogP contribution in [0.5, 0.6) is 0 Å². The van der Waals surface area contributed by atoms with E-state index in [-0.39, 0.29) is 18.2 Å². The third kappa shape index (κ3) is 3.18. The van der Waals surface area contributed by atoms with Gasteiger partial charge in [0.15, 0.2) is 12.8 Å². The number of esters is 1. The number of benzene rings is 1. The number of hydrogen-bond acceptors (Lipinski definition) is 6. The minimum absolute atomic E-state index is 0.105. The predicted molar refractivity (Wildman–Crippen MR) is 79.0 cm³/mol. The number of aromatic nitrogens is 3. The molecule has 0 saturated carbocycles. The summed E-state index contributed by atoms with van der Waals surface area (Å²) in [5, 5.41) is 15.3. The highest BCUT2D eigenvalue weighted by Crippen LogP contribution is 2.19. The molecule has 0 radical (unpaired) electrons. The van der Waals surface area contributed by atoms with E-state index in [1.54, 1.807) is 6.07 Å². The SMILES string of the molecule is Cc1ccccc1-c1noc(COC(=O)c2cccc[n+]2[O-])n1. The van der Waals surface area contributed by atoms with Crippen molar-refractivity contribution in [2.24, 2.45) is 0 Å². The van der Waals surface area contributed by atoms with Crippen LogP contribution in [0.4, 0.5) is 0 Å². The number of hydrogen-bond donors (Lipinski definition) is 0. The molecule has 0 aliphatic rings. The van der Waals surface area contributed by atoms with Gasteiger partial charge in [0.2, 0.25) is 5.82 Å². The fourth-order valence-electron chi connectivity index (χ4n) is 2.03. The average molecular weight is 311 g/mol. The van der Waals surface area contributed by atoms with Crippen LogP contribution >= 0.6 is 0 Å². The summed E-state index contributed by atoms with van der Waals surface area (Å²) in [5.74, 6) is -0.172. The molecule has 0 fully saturated rings. The van der Waals surface area contributed by atoms with Crippen LogP contribution in [0, 0.1) is 12.1 Å². The first kappa shape index (κ1) is 14.7. The number of aryl methyl sites for hydroxylation is 1. The number of carbonyl (C=O) groups excluding carboxylic acids is 1. The molecule has 0 aliphatic carbocycles. The van der Waals surface area contributed by atoms with E-state index in [1.807, 2.05) is 31.2 Å². The lowest BCUT2D eigenvalue weighted by molar-refractivity contribution is -0.608. The highest BCUT2D eigenvalue weighted by molar-refractivity contribution is 5.85. The average Bonchev–Trinajstić information content (AvgIpc) is 3.02. The summed E-state index contributed by atoms with van der Waals surface area (Å²) in [6.07, 6.45) is 1.22. The van der Waals surface area contributed by atoms with Crippen LogP contribution in [-0.2, 0) is 11.3 Å². The highest BCUT2D eigenvalue weighted by atomic mass is 16.6. The molecule has 23 heavy (non-hydrogen) atoms. The second kappa shape index (κ2) is 6.27. The van der Waals surface area contributed by atoms with Gasteiger partial charge in [0.1, 0.15) is 0 Å². The van der Waals surface area contributed by atoms with Crippen molar-refractivity contribution in [2.45, 2.75) is 13.5 Å². The minimum Gasteiger partial charge on any atom is -0.618 e. The first-order valence-corrected chi connectivity index (χ1v) is 6.89. The van der Waals surface area contributed by atoms with E-state index in [9.17, 15) is 10.0 Å². The Bertz CT molecular complexity index is 845. The van der Waals surface area contributed by atoms with Gasteiger partial charge in [-0.1, -0.05) is 29.4 Å². The van der Waals surface area contributed by atoms with Crippen molar-refractivity contribution < 1.29 is 18.8 Å². The van der Waals surface area contributed by atoms with E-state index in [0.717, 1.165) is 11.1 Å². The van der Waals surface area contributed by atoms with Crippen molar-refractivity contribution in [2.75, 3.05) is 0 Å². The van der Waals surface area contributed by atoms with Crippen molar-refractivity contribution in [3.05, 3.63) is 71.0 Å². The predicted octanol–water partition coefficient (Wildman–Crippen LogP) is 2.04. The van der Waals surface area contributed by atoms with Crippen LogP contribution in [-0.4, -0.2) is 16.1 Å². The van der Waals surface area contributed by atoms with Gasteiger partial charge in [0.25, 0.3) is 5.89 Å². The lowest BCUT2D eigenvalue weighted by atomic mass is 10.1. The number of carbonyl (C=O) groups is 1. The molecule has 116 valence electrons. The molecule has 3 aromatic rings. The van der Waals surface area contributed by atoms with Gasteiger partial charge in [-0.2, -0.15) is 9.71 Å². The Labute approximate surface area is 131 Å². The van der Waals surface area contributed by atoms with Crippen LogP contribution < -0.4 is 4.73 Å². The number of ether oxygens (including phenoxy) is 1. The van der Waals surface area contributed by atoms with Gasteiger partial charge in [-0.25, -0.2) is 4.79 Å². The molecule has 0 unspecified atom stereocenters. The Morgan fingerprint density at radius 1 is 1.26 bits per heavy atom. The smallest absolute Gasteiger partial charge is 0.405 e. The highest BCUT2D eigenvalue weighted by Gasteiger charge is 2.18. The molecule has 3 rings (SSSR count). The minimum atomic E-state index is -0.753. The molecule has 0 aliphatic heterocycles. The lowest BCUT2D eigenvalue weighted by Crippen LogP contribution is -2.34. The standard InChI is InChI=1S/C16H13N3O4/c1-11-6-2-3-7-12(11)15-17-14(23-18-15)10-22-16(20)13-8-4-5-9-19(13)21/h2-9H,10H2,1H3. The maximum atomic E-state index is 11.8. The van der Waals surface area contributed by atoms with Crippen molar-refractivity contribution in [1.82, 2.24) is 10.1 Å². The molecule has 1 aromatic carbocycles. The summed E-state index contributed by atoms with van der Waals surface area (Å²) in [5.41, 5.74) is 1.74. The van der Waals surface area contributed by atoms with E-state index in [2.05, 4.69) is 10.1 Å². The molecule has 7 heteroatoms. The van der Waals surface area contributed by atoms with Gasteiger partial charge in [0.05, 0.1) is 0 Å². The maximum Gasteiger partial charge on any atom is 0.405 e. The van der Waals surface area contributed by atoms with Gasteiger partial charge >= 0.3 is 11.7 Å². The van der Waals surface area contributed by atoms with E-state index >= 15 is 0 Å². The molecule has 2 heterocycles. The fraction of sp³-hybridized carbons (Fsp3) is 0.125. The zero-order chi connectivity index (χ0) is 16.2. The van der Waals surface area contributed by atoms with Crippen molar-refractivity contribution in [1.29, 1.82) is 0 Å². The zero-order valence-corrected chi connectivity index (χ0v) is 12.3. The Kier molecular flexibility index (Phi) is 4.01. The van der Waals surface area contributed by atoms with E-state index in [1.165, 1.54) is 18.3 Å². The van der Waals surface area contributed by atoms with Crippen molar-refractivity contribution in [3.63, 3.8) is 0 Å². The Morgan fingerprint density at radius 2 is 2.04 bits per heavy atom. The monoisotopic (exact) mass is 311 g/mol. The third-order valence-electron chi connectivity index (χ3n) is 3.21. The molecule has 0 saturated heterocycles. The second-order valence-electron chi connectivity index (χ2n) is 4.81. The van der Waals surface area contributed by atoms with E-state index < -0.39 is 5.97 Å². The summed E-state index contributed by atoms with van der Waals surface area (Å²) in [6, 6.07) is 12.1. The number of nitrogens with zero attached hydrogens (tertiary/aromatic N) is 3. The normalized spacial score (nSPS) is 10.5. The first-order valence-electron chi connectivity index (χ1n) is 6.89. The summed E-state index contributed by atoms with van der Waals surface area (Å²) >= 11 is 0. The third-order valence-corrected chi connectivity index (χ3v) is 3.21. The molecule has 0 N–H and O–H groups in total. The Morgan fingerprint density at radius 3 is 2.83 bits per heavy atom. The molecule has 7 nitrogen and oxygen atoms in total. The molecule has 0 amide bonds. The van der Waals surface area contributed by atoms with Crippen LogP contribution in [0.2, 0.25) is 0 Å². The van der Waals surface area contributed by atoms with Crippen LogP contribution in [0.3, 0.4) is 0 Å². The molecule has 0 atom stereocenters. The van der Waals surface area contributed by atoms with Crippen molar-refractivity contribution >= 4 is 5.97 Å². The van der Waals surface area contributed by atoms with Crippen molar-refractivity contribution in [3.8, 4) is 11.4 Å². The molecular formula is C16H13N3O4. The van der Waals surface area contributed by atoms with Crippen LogP contribution in [0.25, 0.3) is 11.4 Å². The summed E-state index contributed by atoms with van der Waals surface area (Å²) in [7, 11) is 0. The molecule has 2 aromatic heterocycles. The fourth-order valence-corrected chi connectivity index (χ4v) is 2.03. The van der Waals surface area contributed by atoms with E-state index in [0.29, 0.717) is 10.6 Å². The second-order valence-corrected chi connectivity index (χ2v) is 4.81. The molecule has 0 spiro atoms. The van der Waals surface area contributed by atoms with Crippen LogP contribution in [0.15, 0.2) is 53.2 Å². The van der Waals surface area contributed by atoms with Gasteiger partial charge < -0.3 is 14.5 Å². The van der Waals surface area contributed by atoms with Crippen LogP contribution in [0.1, 0.15) is 21.9 Å². The zero-order valence-electron chi connectivity index (χ0n) is 12.3. The van der Waals surface area contributed by atoms with Gasteiger partial charge in [-0.15, -0.1) is 0 Å². The largest absolute Gasteiger partial charge is 0.618 e.